The Labute approximate surface area is 193 Å². The van der Waals surface area contributed by atoms with Gasteiger partial charge in [-0.1, -0.05) is 27.2 Å². The van der Waals surface area contributed by atoms with E-state index in [9.17, 15) is 9.59 Å². The second-order valence-corrected chi connectivity index (χ2v) is 9.83. The van der Waals surface area contributed by atoms with E-state index in [4.69, 9.17) is 19.9 Å². The van der Waals surface area contributed by atoms with Crippen LogP contribution in [0.4, 0.5) is 5.00 Å². The number of nitrogens with one attached hydrogen (secondary N) is 1. The maximum atomic E-state index is 13.1. The van der Waals surface area contributed by atoms with Crippen LogP contribution >= 0.6 is 11.3 Å². The molecule has 0 fully saturated rings. The van der Waals surface area contributed by atoms with Crippen molar-refractivity contribution in [2.24, 2.45) is 17.1 Å². The predicted molar refractivity (Wildman–Crippen MR) is 126 cm³/mol. The zero-order valence-corrected chi connectivity index (χ0v) is 20.4. The second kappa shape index (κ2) is 9.40. The van der Waals surface area contributed by atoms with Crippen LogP contribution in [-0.4, -0.2) is 33.1 Å². The molecule has 0 unspecified atom stereocenters. The van der Waals surface area contributed by atoms with Gasteiger partial charge < -0.3 is 25.3 Å². The van der Waals surface area contributed by atoms with Crippen molar-refractivity contribution < 1.29 is 23.8 Å². The number of methoxy groups -OCH3 is 3. The fraction of sp³-hybridized carbons (Fsp3) is 0.500. The van der Waals surface area contributed by atoms with E-state index in [1.54, 1.807) is 12.1 Å². The molecule has 0 saturated heterocycles. The van der Waals surface area contributed by atoms with Gasteiger partial charge in [0, 0.05) is 10.4 Å². The van der Waals surface area contributed by atoms with Crippen LogP contribution in [0.5, 0.6) is 17.2 Å². The van der Waals surface area contributed by atoms with Crippen molar-refractivity contribution in [3.05, 3.63) is 33.7 Å². The van der Waals surface area contributed by atoms with E-state index >= 15 is 0 Å². The van der Waals surface area contributed by atoms with E-state index in [2.05, 4.69) is 26.1 Å². The van der Waals surface area contributed by atoms with E-state index in [1.165, 1.54) is 32.7 Å². The van der Waals surface area contributed by atoms with Gasteiger partial charge in [0.15, 0.2) is 11.5 Å². The molecule has 3 rings (SSSR count). The summed E-state index contributed by atoms with van der Waals surface area (Å²) in [6.45, 7) is 6.79. The number of nitrogens with two attached hydrogens (primary N) is 1. The molecule has 0 bridgehead atoms. The molecule has 0 saturated carbocycles. The van der Waals surface area contributed by atoms with Crippen molar-refractivity contribution in [1.29, 1.82) is 0 Å². The number of amides is 2. The number of hydrogen-bond acceptors (Lipinski definition) is 6. The fourth-order valence-corrected chi connectivity index (χ4v) is 5.61. The second-order valence-electron chi connectivity index (χ2n) is 8.72. The Bertz CT molecular complexity index is 1000. The van der Waals surface area contributed by atoms with Gasteiger partial charge in [-0.15, -0.1) is 11.3 Å². The zero-order chi connectivity index (χ0) is 23.6. The Hall–Kier alpha value is -2.74. The van der Waals surface area contributed by atoms with Crippen LogP contribution in [0.3, 0.4) is 0 Å². The van der Waals surface area contributed by atoms with Gasteiger partial charge in [0.25, 0.3) is 11.8 Å². The number of thiophene rings is 1. The highest BCUT2D eigenvalue weighted by Gasteiger charge is 2.35. The van der Waals surface area contributed by atoms with Gasteiger partial charge in [-0.2, -0.15) is 0 Å². The molecule has 7 nitrogen and oxygen atoms in total. The van der Waals surface area contributed by atoms with E-state index in [0.29, 0.717) is 39.3 Å². The van der Waals surface area contributed by atoms with E-state index < -0.39 is 5.91 Å². The topological polar surface area (TPSA) is 99.9 Å². The first-order valence-electron chi connectivity index (χ1n) is 10.7. The summed E-state index contributed by atoms with van der Waals surface area (Å²) in [5, 5.41) is 3.40. The molecule has 0 radical (unpaired) electrons. The molecule has 2 aromatic rings. The smallest absolute Gasteiger partial charge is 0.256 e. The minimum atomic E-state index is -0.518. The molecule has 1 aliphatic rings. The summed E-state index contributed by atoms with van der Waals surface area (Å²) < 4.78 is 16.0. The highest BCUT2D eigenvalue weighted by molar-refractivity contribution is 7.17. The third-order valence-corrected chi connectivity index (χ3v) is 7.85. The first kappa shape index (κ1) is 23.9. The molecule has 3 N–H and O–H groups in total. The quantitative estimate of drug-likeness (QED) is 0.596. The normalized spacial score (nSPS) is 15.6. The number of benzene rings is 1. The maximum absolute atomic E-state index is 13.1. The maximum Gasteiger partial charge on any atom is 0.256 e. The van der Waals surface area contributed by atoms with E-state index in [1.807, 2.05) is 0 Å². The predicted octanol–water partition coefficient (Wildman–Crippen LogP) is 4.67. The zero-order valence-electron chi connectivity index (χ0n) is 19.6. The fourth-order valence-electron chi connectivity index (χ4n) is 4.28. The largest absolute Gasteiger partial charge is 0.493 e. The van der Waals surface area contributed by atoms with Gasteiger partial charge in [0.05, 0.1) is 26.9 Å². The van der Waals surface area contributed by atoms with Gasteiger partial charge in [0.1, 0.15) is 5.00 Å². The Morgan fingerprint density at radius 3 is 2.28 bits per heavy atom. The highest BCUT2D eigenvalue weighted by atomic mass is 32.1. The number of carbonyl (C=O) groups is 2. The van der Waals surface area contributed by atoms with Crippen LogP contribution in [0.15, 0.2) is 12.1 Å². The molecule has 1 aliphatic carbocycles. The lowest BCUT2D eigenvalue weighted by Crippen LogP contribution is -2.29. The SMILES string of the molecule is CCC(C)(C)[C@@H]1CCc2c(sc(NC(=O)c3cc(OC)c(OC)c(OC)c3)c2C(N)=O)C1. The summed E-state index contributed by atoms with van der Waals surface area (Å²) in [7, 11) is 4.49. The average Bonchev–Trinajstić information content (AvgIpc) is 3.14. The van der Waals surface area contributed by atoms with Gasteiger partial charge in [-0.05, 0) is 48.3 Å². The van der Waals surface area contributed by atoms with Crippen LogP contribution < -0.4 is 25.3 Å². The first-order chi connectivity index (χ1) is 15.2. The molecule has 0 aliphatic heterocycles. The Morgan fingerprint density at radius 2 is 1.78 bits per heavy atom. The molecular weight excluding hydrogens is 428 g/mol. The van der Waals surface area contributed by atoms with E-state index in [0.717, 1.165) is 36.1 Å². The number of fused-ring (bicyclic) bond motifs is 1. The molecule has 1 aromatic carbocycles. The molecular formula is C24H32N2O5S. The molecule has 32 heavy (non-hydrogen) atoms. The lowest BCUT2D eigenvalue weighted by molar-refractivity contribution is 0.0999. The minimum absolute atomic E-state index is 0.216. The Kier molecular flexibility index (Phi) is 7.03. The summed E-state index contributed by atoms with van der Waals surface area (Å²) >= 11 is 1.45. The molecule has 1 atom stereocenters. The minimum Gasteiger partial charge on any atom is -0.493 e. The third kappa shape index (κ3) is 4.41. The van der Waals surface area contributed by atoms with Crippen LogP contribution in [-0.2, 0) is 12.8 Å². The van der Waals surface area contributed by atoms with Crippen molar-refractivity contribution >= 4 is 28.2 Å². The average molecular weight is 461 g/mol. The molecule has 1 heterocycles. The monoisotopic (exact) mass is 460 g/mol. The van der Waals surface area contributed by atoms with Crippen LogP contribution in [0.1, 0.15) is 64.8 Å². The lowest BCUT2D eigenvalue weighted by atomic mass is 9.69. The van der Waals surface area contributed by atoms with Crippen molar-refractivity contribution in [2.75, 3.05) is 26.6 Å². The first-order valence-corrected chi connectivity index (χ1v) is 11.5. The summed E-state index contributed by atoms with van der Waals surface area (Å²) in [5.74, 6) is 0.787. The molecule has 8 heteroatoms. The van der Waals surface area contributed by atoms with Crippen molar-refractivity contribution in [1.82, 2.24) is 0 Å². The van der Waals surface area contributed by atoms with E-state index in [-0.39, 0.29) is 11.3 Å². The molecule has 0 spiro atoms. The summed E-state index contributed by atoms with van der Waals surface area (Å²) in [5.41, 5.74) is 7.68. The van der Waals surface area contributed by atoms with Gasteiger partial charge in [-0.25, -0.2) is 0 Å². The number of carbonyl (C=O) groups excluding carboxylic acids is 2. The van der Waals surface area contributed by atoms with Gasteiger partial charge in [0.2, 0.25) is 5.75 Å². The van der Waals surface area contributed by atoms with Gasteiger partial charge in [-0.3, -0.25) is 9.59 Å². The third-order valence-electron chi connectivity index (χ3n) is 6.68. The number of rotatable bonds is 8. The summed E-state index contributed by atoms with van der Waals surface area (Å²) in [6.07, 6.45) is 3.77. The Balaban J connectivity index is 1.95. The number of hydrogen-bond donors (Lipinski definition) is 2. The Morgan fingerprint density at radius 1 is 1.16 bits per heavy atom. The summed E-state index contributed by atoms with van der Waals surface area (Å²) in [6, 6.07) is 3.15. The molecule has 1 aromatic heterocycles. The number of anilines is 1. The highest BCUT2D eigenvalue weighted by Crippen LogP contribution is 2.45. The molecule has 2 amide bonds. The number of ether oxygens (including phenoxy) is 3. The lowest BCUT2D eigenvalue weighted by Gasteiger charge is -2.36. The standard InChI is InChI=1S/C24H32N2O5S/c1-7-24(2,3)14-8-9-15-18(12-14)32-23(19(15)21(25)27)26-22(28)13-10-16(29-4)20(31-6)17(11-13)30-5/h10-11,14H,7-9,12H2,1-6H3,(H2,25,27)(H,26,28)/t14-/m1/s1. The number of primary amides is 1. The van der Waals surface area contributed by atoms with Crippen molar-refractivity contribution in [2.45, 2.75) is 46.5 Å². The van der Waals surface area contributed by atoms with Crippen LogP contribution in [0, 0.1) is 11.3 Å². The van der Waals surface area contributed by atoms with Crippen LogP contribution in [0.2, 0.25) is 0 Å². The summed E-state index contributed by atoms with van der Waals surface area (Å²) in [4.78, 5) is 26.5. The van der Waals surface area contributed by atoms with Crippen molar-refractivity contribution in [3.63, 3.8) is 0 Å². The van der Waals surface area contributed by atoms with Crippen molar-refractivity contribution in [3.8, 4) is 17.2 Å². The molecule has 174 valence electrons. The van der Waals surface area contributed by atoms with Gasteiger partial charge >= 0.3 is 0 Å². The van der Waals surface area contributed by atoms with Crippen LogP contribution in [0.25, 0.3) is 0 Å².